The summed E-state index contributed by atoms with van der Waals surface area (Å²) in [7, 11) is -9.79. The van der Waals surface area contributed by atoms with Gasteiger partial charge in [0.2, 0.25) is 5.41 Å². The second-order valence-electron chi connectivity index (χ2n) is 8.79. The Morgan fingerprint density at radius 3 is 1.33 bits per heavy atom. The molecule has 0 bridgehead atoms. The molecular weight excluding hydrogens is 373 g/mol. The Morgan fingerprint density at radius 2 is 1.08 bits per heavy atom. The van der Waals surface area contributed by atoms with E-state index in [0.29, 0.717) is 0 Å². The van der Waals surface area contributed by atoms with E-state index >= 15 is 0 Å². The molecule has 0 saturated heterocycles. The summed E-state index contributed by atoms with van der Waals surface area (Å²) >= 11 is 0. The summed E-state index contributed by atoms with van der Waals surface area (Å²) in [6.07, 6.45) is 1.45. The minimum Gasteiger partial charge on any atom is -0.412 e. The molecule has 0 fully saturated rings. The molecule has 24 heavy (non-hydrogen) atoms. The van der Waals surface area contributed by atoms with Gasteiger partial charge in [0, 0.05) is 12.8 Å². The van der Waals surface area contributed by atoms with Crippen LogP contribution < -0.4 is 0 Å². The molecule has 0 unspecified atom stereocenters. The Kier molecular flexibility index (Phi) is 8.41. The van der Waals surface area contributed by atoms with Crippen molar-refractivity contribution in [1.82, 2.24) is 0 Å². The molecule has 0 aromatic carbocycles. The van der Waals surface area contributed by atoms with Crippen LogP contribution in [0.2, 0.25) is 58.9 Å². The molecule has 0 aliphatic rings. The Bertz CT molecular complexity index is 431. The lowest BCUT2D eigenvalue weighted by atomic mass is 10.2. The van der Waals surface area contributed by atoms with E-state index in [9.17, 15) is 9.59 Å². The van der Waals surface area contributed by atoms with Crippen LogP contribution in [0.5, 0.6) is 0 Å². The molecule has 0 aromatic rings. The SMILES string of the molecule is C=CC(=O)CCC(=O)[Si](O[Si](C)(C)C)(O[Si](C)(C)C)O[Si](C)(C)C. The standard InChI is InChI=1S/C15H34O5Si4/c1-11-14(16)12-13-15(17)24(18-21(2,3)4,19-22(5,6)7)20-23(8,9)10/h11H,1,12-13H2,2-10H3. The van der Waals surface area contributed by atoms with Crippen molar-refractivity contribution in [2.75, 3.05) is 0 Å². The van der Waals surface area contributed by atoms with Gasteiger partial charge in [-0.05, 0) is 65.0 Å². The maximum atomic E-state index is 13.1. The normalized spacial score (nSPS) is 13.7. The van der Waals surface area contributed by atoms with Gasteiger partial charge in [-0.15, -0.1) is 0 Å². The smallest absolute Gasteiger partial charge is 0.412 e. The van der Waals surface area contributed by atoms with Gasteiger partial charge in [0.15, 0.2) is 30.7 Å². The van der Waals surface area contributed by atoms with E-state index in [2.05, 4.69) is 6.58 Å². The first-order chi connectivity index (χ1) is 10.5. The number of ketones is 1. The van der Waals surface area contributed by atoms with Crippen LogP contribution in [0.4, 0.5) is 0 Å². The maximum Gasteiger partial charge on any atom is 0.543 e. The topological polar surface area (TPSA) is 61.8 Å². The van der Waals surface area contributed by atoms with E-state index < -0.39 is 33.8 Å². The molecule has 0 N–H and O–H groups in total. The molecule has 9 heteroatoms. The Morgan fingerprint density at radius 1 is 0.750 bits per heavy atom. The van der Waals surface area contributed by atoms with Crippen LogP contribution in [-0.4, -0.2) is 44.9 Å². The molecule has 0 atom stereocenters. The average molecular weight is 407 g/mol. The number of carbonyl (C=O) groups is 2. The quantitative estimate of drug-likeness (QED) is 0.381. The average Bonchev–Trinajstić information content (AvgIpc) is 2.28. The third-order valence-electron chi connectivity index (χ3n) is 2.49. The maximum absolute atomic E-state index is 13.1. The van der Waals surface area contributed by atoms with Crippen molar-refractivity contribution in [3.05, 3.63) is 12.7 Å². The molecule has 0 rings (SSSR count). The Labute approximate surface area is 151 Å². The first kappa shape index (κ1) is 23.8. The molecule has 5 nitrogen and oxygen atoms in total. The van der Waals surface area contributed by atoms with Crippen LogP contribution in [0.1, 0.15) is 12.8 Å². The summed E-state index contributed by atoms with van der Waals surface area (Å²) in [6.45, 7) is 21.7. The number of hydrogen-bond donors (Lipinski definition) is 0. The van der Waals surface area contributed by atoms with Crippen molar-refractivity contribution < 1.29 is 21.9 Å². The summed E-state index contributed by atoms with van der Waals surface area (Å²) in [4.78, 5) is 24.6. The predicted octanol–water partition coefficient (Wildman–Crippen LogP) is 4.12. The molecule has 0 spiro atoms. The number of rotatable bonds is 11. The van der Waals surface area contributed by atoms with Crippen LogP contribution in [-0.2, 0) is 21.9 Å². The zero-order valence-electron chi connectivity index (χ0n) is 16.7. The van der Waals surface area contributed by atoms with Gasteiger partial charge in [0.1, 0.15) is 0 Å². The number of allylic oxidation sites excluding steroid dienone is 1. The van der Waals surface area contributed by atoms with Gasteiger partial charge in [-0.3, -0.25) is 9.59 Å². The van der Waals surface area contributed by atoms with Gasteiger partial charge in [0.05, 0.1) is 0 Å². The van der Waals surface area contributed by atoms with E-state index in [4.69, 9.17) is 12.3 Å². The van der Waals surface area contributed by atoms with Gasteiger partial charge in [-0.1, -0.05) is 6.58 Å². The first-order valence-corrected chi connectivity index (χ1v) is 20.2. The van der Waals surface area contributed by atoms with Gasteiger partial charge in [-0.25, -0.2) is 0 Å². The molecular formula is C15H34O5Si4. The van der Waals surface area contributed by atoms with Crippen molar-refractivity contribution in [3.63, 3.8) is 0 Å². The highest BCUT2D eigenvalue weighted by atomic mass is 28.5. The summed E-state index contributed by atoms with van der Waals surface area (Å²) in [5.41, 5.74) is 0. The Hall–Kier alpha value is -0.172. The minimum atomic E-state index is -3.52. The van der Waals surface area contributed by atoms with Crippen molar-refractivity contribution in [2.45, 2.75) is 71.8 Å². The molecule has 0 radical (unpaired) electrons. The lowest BCUT2D eigenvalue weighted by Crippen LogP contribution is -2.65. The highest BCUT2D eigenvalue weighted by Gasteiger charge is 2.56. The third-order valence-corrected chi connectivity index (χ3v) is 14.0. The monoisotopic (exact) mass is 406 g/mol. The Balaban J connectivity index is 5.81. The van der Waals surface area contributed by atoms with E-state index in [1.54, 1.807) is 0 Å². The second-order valence-corrected chi connectivity index (χ2v) is 25.6. The summed E-state index contributed by atoms with van der Waals surface area (Å²) < 4.78 is 19.0. The fourth-order valence-corrected chi connectivity index (χ4v) is 15.0. The molecule has 0 saturated carbocycles. The highest BCUT2D eigenvalue weighted by Crippen LogP contribution is 2.27. The van der Waals surface area contributed by atoms with Crippen molar-refractivity contribution in [1.29, 1.82) is 0 Å². The van der Waals surface area contributed by atoms with Gasteiger partial charge < -0.3 is 12.3 Å². The van der Waals surface area contributed by atoms with Crippen LogP contribution in [0.3, 0.4) is 0 Å². The van der Waals surface area contributed by atoms with Gasteiger partial charge >= 0.3 is 8.80 Å². The lowest BCUT2D eigenvalue weighted by Gasteiger charge is -2.41. The second kappa shape index (κ2) is 8.47. The zero-order valence-corrected chi connectivity index (χ0v) is 20.7. The van der Waals surface area contributed by atoms with E-state index in [1.165, 1.54) is 6.08 Å². The lowest BCUT2D eigenvalue weighted by molar-refractivity contribution is -0.120. The predicted molar refractivity (Wildman–Crippen MR) is 108 cm³/mol. The molecule has 0 aliphatic heterocycles. The van der Waals surface area contributed by atoms with Crippen LogP contribution in [0, 0.1) is 0 Å². The summed E-state index contributed by atoms with van der Waals surface area (Å²) in [5, 5.41) is -0.176. The van der Waals surface area contributed by atoms with Gasteiger partial charge in [-0.2, -0.15) is 0 Å². The fourth-order valence-electron chi connectivity index (χ4n) is 1.93. The van der Waals surface area contributed by atoms with E-state index in [1.807, 2.05) is 58.9 Å². The number of carbonyl (C=O) groups excluding carboxylic acids is 2. The zero-order chi connectivity index (χ0) is 19.4. The van der Waals surface area contributed by atoms with Gasteiger partial charge in [0.25, 0.3) is 0 Å². The highest BCUT2D eigenvalue weighted by molar-refractivity contribution is 7.04. The van der Waals surface area contributed by atoms with Crippen LogP contribution >= 0.6 is 0 Å². The van der Waals surface area contributed by atoms with Crippen LogP contribution in [0.25, 0.3) is 0 Å². The molecule has 0 amide bonds. The molecule has 0 aromatic heterocycles. The fraction of sp³-hybridized carbons (Fsp3) is 0.733. The molecule has 0 heterocycles. The van der Waals surface area contributed by atoms with Crippen molar-refractivity contribution in [3.8, 4) is 0 Å². The minimum absolute atomic E-state index is 0.0799. The number of hydrogen-bond acceptors (Lipinski definition) is 5. The van der Waals surface area contributed by atoms with E-state index in [-0.39, 0.29) is 24.0 Å². The van der Waals surface area contributed by atoms with Crippen LogP contribution in [0.15, 0.2) is 12.7 Å². The molecule has 140 valence electrons. The summed E-state index contributed by atoms with van der Waals surface area (Å²) in [6, 6.07) is 0. The van der Waals surface area contributed by atoms with Crippen molar-refractivity contribution in [2.24, 2.45) is 0 Å². The largest absolute Gasteiger partial charge is 0.543 e. The van der Waals surface area contributed by atoms with E-state index in [0.717, 1.165) is 0 Å². The van der Waals surface area contributed by atoms with Crippen molar-refractivity contribution >= 4 is 44.9 Å². The summed E-state index contributed by atoms with van der Waals surface area (Å²) in [5.74, 6) is -0.153. The third kappa shape index (κ3) is 9.96. The first-order valence-electron chi connectivity index (χ1n) is 8.29. The molecule has 0 aliphatic carbocycles.